The Balaban J connectivity index is 1.67. The van der Waals surface area contributed by atoms with Crippen LogP contribution in [0.2, 0.25) is 0 Å². The van der Waals surface area contributed by atoms with E-state index in [1.165, 1.54) is 11.3 Å². The van der Waals surface area contributed by atoms with Gasteiger partial charge in [-0.05, 0) is 36.2 Å². The molecular formula is C20H27NO4S. The molecule has 3 heterocycles. The van der Waals surface area contributed by atoms with Crippen molar-refractivity contribution in [2.45, 2.75) is 66.1 Å². The van der Waals surface area contributed by atoms with Crippen LogP contribution in [0.4, 0.5) is 5.00 Å². The van der Waals surface area contributed by atoms with E-state index in [2.05, 4.69) is 33.0 Å². The van der Waals surface area contributed by atoms with Crippen LogP contribution in [0.5, 0.6) is 0 Å². The summed E-state index contributed by atoms with van der Waals surface area (Å²) < 4.78 is 11.3. The highest BCUT2D eigenvalue weighted by Crippen LogP contribution is 2.68. The van der Waals surface area contributed by atoms with E-state index in [1.54, 1.807) is 6.92 Å². The normalized spacial score (nSPS) is 27.7. The summed E-state index contributed by atoms with van der Waals surface area (Å²) in [6, 6.07) is 0. The molecule has 2 bridgehead atoms. The molecule has 1 saturated carbocycles. The van der Waals surface area contributed by atoms with E-state index in [9.17, 15) is 9.59 Å². The number of nitrogens with one attached hydrogen (secondary N) is 1. The van der Waals surface area contributed by atoms with Crippen molar-refractivity contribution in [2.75, 3.05) is 11.9 Å². The first kappa shape index (κ1) is 18.0. The van der Waals surface area contributed by atoms with Crippen LogP contribution < -0.4 is 5.32 Å². The standard InChI is InChI=1S/C20H27NO4S/c1-6-24-18(23)13-11-9-10-7-8-12(25-10)14(11)26-17(13)21-16(22)15-19(2,3)20(15,4)5/h10,12,15H,6-9H2,1-5H3,(H,21,22). The Morgan fingerprint density at radius 3 is 2.54 bits per heavy atom. The van der Waals surface area contributed by atoms with Crippen LogP contribution in [0, 0.1) is 16.7 Å². The van der Waals surface area contributed by atoms with E-state index in [4.69, 9.17) is 9.47 Å². The predicted molar refractivity (Wildman–Crippen MR) is 101 cm³/mol. The highest BCUT2D eigenvalue weighted by Gasteiger charge is 2.68. The highest BCUT2D eigenvalue weighted by molar-refractivity contribution is 7.17. The third kappa shape index (κ3) is 2.45. The summed E-state index contributed by atoms with van der Waals surface area (Å²) >= 11 is 1.49. The summed E-state index contributed by atoms with van der Waals surface area (Å²) in [7, 11) is 0. The van der Waals surface area contributed by atoms with Crippen LogP contribution in [0.25, 0.3) is 0 Å². The first-order valence-electron chi connectivity index (χ1n) is 9.47. The first-order valence-corrected chi connectivity index (χ1v) is 10.3. The maximum absolute atomic E-state index is 12.9. The minimum atomic E-state index is -0.337. The van der Waals surface area contributed by atoms with Crippen LogP contribution in [0.15, 0.2) is 0 Å². The lowest BCUT2D eigenvalue weighted by atomic mass is 10.0. The SMILES string of the molecule is CCOC(=O)c1c(NC(=O)C2C(C)(C)C2(C)C)sc2c1CC1CCC2O1. The van der Waals surface area contributed by atoms with Crippen molar-refractivity contribution in [2.24, 2.45) is 16.7 Å². The van der Waals surface area contributed by atoms with Crippen molar-refractivity contribution in [3.05, 3.63) is 16.0 Å². The van der Waals surface area contributed by atoms with E-state index in [0.717, 1.165) is 29.7 Å². The van der Waals surface area contributed by atoms with Crippen molar-refractivity contribution in [1.29, 1.82) is 0 Å². The number of carbonyl (C=O) groups is 2. The molecule has 0 radical (unpaired) electrons. The van der Waals surface area contributed by atoms with Gasteiger partial charge in [-0.25, -0.2) is 4.79 Å². The molecule has 2 aliphatic heterocycles. The molecule has 6 heteroatoms. The zero-order valence-electron chi connectivity index (χ0n) is 16.1. The molecule has 1 aromatic rings. The van der Waals surface area contributed by atoms with Crippen LogP contribution in [0.3, 0.4) is 0 Å². The Kier molecular flexibility index (Phi) is 4.01. The molecule has 2 atom stereocenters. The first-order chi connectivity index (χ1) is 12.2. The number of carbonyl (C=O) groups excluding carboxylic acids is 2. The number of hydrogen-bond acceptors (Lipinski definition) is 5. The molecule has 1 saturated heterocycles. The van der Waals surface area contributed by atoms with Crippen LogP contribution in [-0.2, 0) is 20.7 Å². The lowest BCUT2D eigenvalue weighted by Gasteiger charge is -2.21. The molecule has 5 nitrogen and oxygen atoms in total. The molecular weight excluding hydrogens is 350 g/mol. The number of esters is 1. The Bertz CT molecular complexity index is 765. The second kappa shape index (κ2) is 5.80. The molecule has 1 amide bonds. The number of amides is 1. The lowest BCUT2D eigenvalue weighted by Crippen LogP contribution is -2.21. The summed E-state index contributed by atoms with van der Waals surface area (Å²) in [6.07, 6.45) is 2.98. The third-order valence-corrected chi connectivity index (χ3v) is 8.11. The van der Waals surface area contributed by atoms with E-state index in [0.29, 0.717) is 17.2 Å². The van der Waals surface area contributed by atoms with Gasteiger partial charge in [0.05, 0.1) is 24.4 Å². The molecule has 1 aromatic heterocycles. The van der Waals surface area contributed by atoms with Crippen molar-refractivity contribution >= 4 is 28.2 Å². The van der Waals surface area contributed by atoms with Crippen LogP contribution >= 0.6 is 11.3 Å². The largest absolute Gasteiger partial charge is 0.462 e. The Labute approximate surface area is 158 Å². The van der Waals surface area contributed by atoms with Gasteiger partial charge < -0.3 is 14.8 Å². The number of fused-ring (bicyclic) bond motifs is 4. The highest BCUT2D eigenvalue weighted by atomic mass is 32.1. The third-order valence-electron chi connectivity index (χ3n) is 6.87. The molecule has 1 aliphatic carbocycles. The summed E-state index contributed by atoms with van der Waals surface area (Å²) in [5.74, 6) is -0.400. The molecule has 26 heavy (non-hydrogen) atoms. The Hall–Kier alpha value is -1.40. The topological polar surface area (TPSA) is 64.6 Å². The zero-order valence-corrected chi connectivity index (χ0v) is 16.9. The predicted octanol–water partition coefficient (Wildman–Crippen LogP) is 4.32. The van der Waals surface area contributed by atoms with Crippen molar-refractivity contribution in [3.8, 4) is 0 Å². The van der Waals surface area contributed by atoms with Gasteiger partial charge in [0, 0.05) is 17.2 Å². The lowest BCUT2D eigenvalue weighted by molar-refractivity contribution is -0.118. The second-order valence-electron chi connectivity index (χ2n) is 8.76. The maximum atomic E-state index is 12.9. The molecule has 3 aliphatic rings. The fourth-order valence-corrected chi connectivity index (χ4v) is 6.06. The van der Waals surface area contributed by atoms with Gasteiger partial charge in [0.1, 0.15) is 5.00 Å². The monoisotopic (exact) mass is 377 g/mol. The number of anilines is 1. The van der Waals surface area contributed by atoms with E-state index in [-0.39, 0.29) is 40.8 Å². The van der Waals surface area contributed by atoms with Crippen molar-refractivity contribution in [1.82, 2.24) is 0 Å². The second-order valence-corrected chi connectivity index (χ2v) is 9.82. The summed E-state index contributed by atoms with van der Waals surface area (Å²) in [6.45, 7) is 10.6. The maximum Gasteiger partial charge on any atom is 0.341 e. The molecule has 2 unspecified atom stereocenters. The van der Waals surface area contributed by atoms with Gasteiger partial charge in [-0.1, -0.05) is 27.7 Å². The fraction of sp³-hybridized carbons (Fsp3) is 0.700. The molecule has 0 spiro atoms. The number of rotatable bonds is 4. The average Bonchev–Trinajstić information content (AvgIpc) is 2.91. The van der Waals surface area contributed by atoms with Gasteiger partial charge in [0.15, 0.2) is 0 Å². The van der Waals surface area contributed by atoms with Gasteiger partial charge in [-0.15, -0.1) is 11.3 Å². The summed E-state index contributed by atoms with van der Waals surface area (Å²) in [5, 5.41) is 3.70. The Morgan fingerprint density at radius 2 is 1.92 bits per heavy atom. The van der Waals surface area contributed by atoms with E-state index >= 15 is 0 Å². The quantitative estimate of drug-likeness (QED) is 0.794. The van der Waals surface area contributed by atoms with Crippen LogP contribution in [0.1, 0.15) is 74.4 Å². The van der Waals surface area contributed by atoms with Gasteiger partial charge in [-0.2, -0.15) is 0 Å². The smallest absolute Gasteiger partial charge is 0.341 e. The van der Waals surface area contributed by atoms with Gasteiger partial charge in [-0.3, -0.25) is 4.79 Å². The van der Waals surface area contributed by atoms with E-state index < -0.39 is 0 Å². The van der Waals surface area contributed by atoms with Gasteiger partial charge >= 0.3 is 5.97 Å². The average molecular weight is 378 g/mol. The Morgan fingerprint density at radius 1 is 1.23 bits per heavy atom. The molecule has 4 rings (SSSR count). The fourth-order valence-electron chi connectivity index (χ4n) is 4.77. The van der Waals surface area contributed by atoms with Gasteiger partial charge in [0.2, 0.25) is 5.91 Å². The van der Waals surface area contributed by atoms with Crippen molar-refractivity contribution in [3.63, 3.8) is 0 Å². The molecule has 1 N–H and O–H groups in total. The van der Waals surface area contributed by atoms with Crippen LogP contribution in [-0.4, -0.2) is 24.6 Å². The number of hydrogen-bond donors (Lipinski definition) is 1. The zero-order chi connectivity index (χ0) is 18.9. The van der Waals surface area contributed by atoms with E-state index in [1.807, 2.05) is 0 Å². The minimum Gasteiger partial charge on any atom is -0.462 e. The number of ether oxygens (including phenoxy) is 2. The van der Waals surface area contributed by atoms with Gasteiger partial charge in [0.25, 0.3) is 0 Å². The summed E-state index contributed by atoms with van der Waals surface area (Å²) in [4.78, 5) is 26.7. The minimum absolute atomic E-state index is 0.00442. The molecule has 0 aromatic carbocycles. The number of thiophene rings is 1. The molecule has 142 valence electrons. The van der Waals surface area contributed by atoms with Crippen molar-refractivity contribution < 1.29 is 19.1 Å². The molecule has 2 fully saturated rings. The summed E-state index contributed by atoms with van der Waals surface area (Å²) in [5.41, 5.74) is 1.49.